The largest absolute Gasteiger partial charge is 0.382 e. The van der Waals surface area contributed by atoms with Crippen molar-refractivity contribution in [2.24, 2.45) is 5.92 Å². The highest BCUT2D eigenvalue weighted by Gasteiger charge is 2.22. The van der Waals surface area contributed by atoms with E-state index in [1.165, 1.54) is 0 Å². The molecule has 1 heterocycles. The number of nitrogens with one attached hydrogen (secondary N) is 1. The number of hydrogen-bond donors (Lipinski definition) is 1. The molecule has 0 saturated carbocycles. The lowest BCUT2D eigenvalue weighted by Gasteiger charge is -2.31. The molecule has 17 heavy (non-hydrogen) atoms. The second-order valence-electron chi connectivity index (χ2n) is 4.33. The highest BCUT2D eigenvalue weighted by atomic mass is 16.5. The zero-order valence-corrected chi connectivity index (χ0v) is 10.9. The van der Waals surface area contributed by atoms with E-state index in [-0.39, 0.29) is 6.03 Å². The minimum absolute atomic E-state index is 0.0613. The number of hydrogen-bond acceptors (Lipinski definition) is 3. The molecule has 0 aromatic heterocycles. The molecular formula is C12H24N2O3. The smallest absolute Gasteiger partial charge is 0.317 e. The van der Waals surface area contributed by atoms with Crippen LogP contribution in [0.1, 0.15) is 19.8 Å². The topological polar surface area (TPSA) is 50.8 Å². The Hall–Kier alpha value is -0.810. The molecule has 0 unspecified atom stereocenters. The monoisotopic (exact) mass is 244 g/mol. The van der Waals surface area contributed by atoms with Crippen molar-refractivity contribution in [3.8, 4) is 0 Å². The summed E-state index contributed by atoms with van der Waals surface area (Å²) in [4.78, 5) is 13.5. The second kappa shape index (κ2) is 8.31. The van der Waals surface area contributed by atoms with E-state index in [1.807, 2.05) is 11.8 Å². The molecule has 1 saturated heterocycles. The summed E-state index contributed by atoms with van der Waals surface area (Å²) in [6, 6.07) is 0.0613. The molecule has 0 aromatic rings. The van der Waals surface area contributed by atoms with Gasteiger partial charge in [0.2, 0.25) is 0 Å². The third-order valence-corrected chi connectivity index (χ3v) is 3.02. The molecule has 1 aliphatic heterocycles. The third-order valence-electron chi connectivity index (χ3n) is 3.02. The predicted molar refractivity (Wildman–Crippen MR) is 66.1 cm³/mol. The normalized spacial score (nSPS) is 17.2. The van der Waals surface area contributed by atoms with Gasteiger partial charge in [-0.05, 0) is 25.7 Å². The number of amides is 2. The first-order valence-electron chi connectivity index (χ1n) is 6.37. The van der Waals surface area contributed by atoms with Gasteiger partial charge in [0, 0.05) is 33.4 Å². The Morgan fingerprint density at radius 1 is 1.35 bits per heavy atom. The number of rotatable bonds is 6. The van der Waals surface area contributed by atoms with Gasteiger partial charge in [-0.2, -0.15) is 0 Å². The van der Waals surface area contributed by atoms with Crippen LogP contribution in [0.15, 0.2) is 0 Å². The number of methoxy groups -OCH3 is 1. The lowest BCUT2D eigenvalue weighted by atomic mass is 9.98. The molecule has 1 fully saturated rings. The summed E-state index contributed by atoms with van der Waals surface area (Å²) in [6.45, 7) is 6.40. The van der Waals surface area contributed by atoms with Crippen molar-refractivity contribution in [2.45, 2.75) is 19.8 Å². The Morgan fingerprint density at radius 3 is 2.65 bits per heavy atom. The van der Waals surface area contributed by atoms with E-state index in [4.69, 9.17) is 9.47 Å². The molecule has 5 heteroatoms. The zero-order chi connectivity index (χ0) is 12.5. The highest BCUT2D eigenvalue weighted by Crippen LogP contribution is 2.17. The summed E-state index contributed by atoms with van der Waals surface area (Å²) < 4.78 is 10.4. The van der Waals surface area contributed by atoms with E-state index in [0.29, 0.717) is 25.7 Å². The molecule has 1 N–H and O–H groups in total. The number of ether oxygens (including phenoxy) is 2. The second-order valence-corrected chi connectivity index (χ2v) is 4.33. The predicted octanol–water partition coefficient (Wildman–Crippen LogP) is 1.09. The van der Waals surface area contributed by atoms with Crippen LogP contribution in [0.25, 0.3) is 0 Å². The van der Waals surface area contributed by atoms with Gasteiger partial charge in [0.15, 0.2) is 0 Å². The van der Waals surface area contributed by atoms with Gasteiger partial charge in [-0.3, -0.25) is 0 Å². The fourth-order valence-corrected chi connectivity index (χ4v) is 1.96. The number of carbonyl (C=O) groups excluding carboxylic acids is 1. The molecule has 0 aromatic carbocycles. The number of carbonyl (C=O) groups is 1. The summed E-state index contributed by atoms with van der Waals surface area (Å²) in [5.41, 5.74) is 0. The molecule has 0 spiro atoms. The van der Waals surface area contributed by atoms with Gasteiger partial charge >= 0.3 is 6.03 Å². The molecular weight excluding hydrogens is 220 g/mol. The van der Waals surface area contributed by atoms with Gasteiger partial charge < -0.3 is 19.7 Å². The van der Waals surface area contributed by atoms with Crippen molar-refractivity contribution in [1.29, 1.82) is 0 Å². The van der Waals surface area contributed by atoms with Crippen molar-refractivity contribution >= 4 is 6.03 Å². The van der Waals surface area contributed by atoms with E-state index in [9.17, 15) is 4.79 Å². The summed E-state index contributed by atoms with van der Waals surface area (Å²) in [7, 11) is 1.67. The summed E-state index contributed by atoms with van der Waals surface area (Å²) in [5.74, 6) is 0.581. The Morgan fingerprint density at radius 2 is 2.06 bits per heavy atom. The maximum atomic E-state index is 11.6. The SMILES string of the molecule is CCNC(=O)N1CCC(COCCOC)CC1. The fraction of sp³-hybridized carbons (Fsp3) is 0.917. The van der Waals surface area contributed by atoms with Crippen LogP contribution < -0.4 is 5.32 Å². The molecule has 100 valence electrons. The average molecular weight is 244 g/mol. The van der Waals surface area contributed by atoms with Crippen LogP contribution in [-0.4, -0.2) is 57.5 Å². The molecule has 0 aliphatic carbocycles. The minimum Gasteiger partial charge on any atom is -0.382 e. The maximum Gasteiger partial charge on any atom is 0.317 e. The number of likely N-dealkylation sites (tertiary alicyclic amines) is 1. The van der Waals surface area contributed by atoms with Gasteiger partial charge in [-0.1, -0.05) is 0 Å². The van der Waals surface area contributed by atoms with Gasteiger partial charge in [-0.25, -0.2) is 4.79 Å². The van der Waals surface area contributed by atoms with E-state index in [0.717, 1.165) is 32.5 Å². The molecule has 2 amide bonds. The Labute approximate surface area is 103 Å². The number of urea groups is 1. The first-order chi connectivity index (χ1) is 8.27. The van der Waals surface area contributed by atoms with Crippen LogP contribution in [-0.2, 0) is 9.47 Å². The quantitative estimate of drug-likeness (QED) is 0.712. The molecule has 5 nitrogen and oxygen atoms in total. The molecule has 0 radical (unpaired) electrons. The Balaban J connectivity index is 2.11. The van der Waals surface area contributed by atoms with Crippen LogP contribution in [0.2, 0.25) is 0 Å². The molecule has 1 rings (SSSR count). The van der Waals surface area contributed by atoms with Crippen LogP contribution >= 0.6 is 0 Å². The van der Waals surface area contributed by atoms with Crippen LogP contribution in [0.5, 0.6) is 0 Å². The summed E-state index contributed by atoms with van der Waals surface area (Å²) >= 11 is 0. The molecule has 0 atom stereocenters. The van der Waals surface area contributed by atoms with Crippen LogP contribution in [0.4, 0.5) is 4.79 Å². The van der Waals surface area contributed by atoms with Crippen molar-refractivity contribution in [3.63, 3.8) is 0 Å². The highest BCUT2D eigenvalue weighted by molar-refractivity contribution is 5.74. The van der Waals surface area contributed by atoms with E-state index >= 15 is 0 Å². The zero-order valence-electron chi connectivity index (χ0n) is 10.9. The van der Waals surface area contributed by atoms with Gasteiger partial charge in [-0.15, -0.1) is 0 Å². The molecule has 0 bridgehead atoms. The van der Waals surface area contributed by atoms with Crippen molar-refractivity contribution in [1.82, 2.24) is 10.2 Å². The van der Waals surface area contributed by atoms with Crippen molar-refractivity contribution in [3.05, 3.63) is 0 Å². The van der Waals surface area contributed by atoms with Crippen molar-refractivity contribution < 1.29 is 14.3 Å². The van der Waals surface area contributed by atoms with Crippen LogP contribution in [0, 0.1) is 5.92 Å². The maximum absolute atomic E-state index is 11.6. The van der Waals surface area contributed by atoms with Crippen molar-refractivity contribution in [2.75, 3.05) is 46.6 Å². The van der Waals surface area contributed by atoms with E-state index < -0.39 is 0 Å². The fourth-order valence-electron chi connectivity index (χ4n) is 1.96. The van der Waals surface area contributed by atoms with Gasteiger partial charge in [0.1, 0.15) is 0 Å². The third kappa shape index (κ3) is 5.37. The average Bonchev–Trinajstić information content (AvgIpc) is 2.36. The van der Waals surface area contributed by atoms with E-state index in [1.54, 1.807) is 7.11 Å². The summed E-state index contributed by atoms with van der Waals surface area (Å²) in [5, 5.41) is 2.83. The lowest BCUT2D eigenvalue weighted by Crippen LogP contribution is -2.44. The standard InChI is InChI=1S/C12H24N2O3/c1-3-13-12(15)14-6-4-11(5-7-14)10-17-9-8-16-2/h11H,3-10H2,1-2H3,(H,13,15). The summed E-state index contributed by atoms with van der Waals surface area (Å²) in [6.07, 6.45) is 2.06. The van der Waals surface area contributed by atoms with E-state index in [2.05, 4.69) is 5.32 Å². The Bertz CT molecular complexity index is 216. The first-order valence-corrected chi connectivity index (χ1v) is 6.37. The minimum atomic E-state index is 0.0613. The van der Waals surface area contributed by atoms with Gasteiger partial charge in [0.05, 0.1) is 13.2 Å². The number of nitrogens with zero attached hydrogens (tertiary/aromatic N) is 1. The Kier molecular flexibility index (Phi) is 6.96. The molecule has 1 aliphatic rings. The van der Waals surface area contributed by atoms with Gasteiger partial charge in [0.25, 0.3) is 0 Å². The lowest BCUT2D eigenvalue weighted by molar-refractivity contribution is 0.0381. The van der Waals surface area contributed by atoms with Crippen LogP contribution in [0.3, 0.4) is 0 Å². The first kappa shape index (κ1) is 14.3. The number of piperidine rings is 1.